The van der Waals surface area contributed by atoms with E-state index >= 15 is 0 Å². The highest BCUT2D eigenvalue weighted by atomic mass is 32.2. The van der Waals surface area contributed by atoms with Crippen molar-refractivity contribution in [3.63, 3.8) is 0 Å². The molecule has 1 unspecified atom stereocenters. The Morgan fingerprint density at radius 2 is 1.94 bits per heavy atom. The molecule has 0 bridgehead atoms. The number of sulfone groups is 1. The smallest absolute Gasteiger partial charge is 0.153 e. The first kappa shape index (κ1) is 17.2. The van der Waals surface area contributed by atoms with E-state index < -0.39 is 9.84 Å². The second kappa shape index (κ2) is 7.58. The fraction of sp³-hybridized carbons (Fsp3) is 0.909. The van der Waals surface area contributed by atoms with E-state index in [9.17, 15) is 8.42 Å². The molecule has 0 aromatic rings. The minimum absolute atomic E-state index is 0.100. The predicted molar refractivity (Wildman–Crippen MR) is 73.6 cm³/mol. The molecule has 0 radical (unpaired) electrons. The van der Waals surface area contributed by atoms with Crippen LogP contribution in [0, 0.1) is 5.92 Å². The van der Waals surface area contributed by atoms with Crippen molar-refractivity contribution in [2.24, 2.45) is 16.8 Å². The molecule has 0 aromatic carbocycles. The molecule has 6 nitrogen and oxygen atoms in total. The van der Waals surface area contributed by atoms with E-state index in [0.717, 1.165) is 6.54 Å². The molecule has 0 amide bonds. The van der Waals surface area contributed by atoms with Gasteiger partial charge in [-0.2, -0.15) is 0 Å². The van der Waals surface area contributed by atoms with Crippen LogP contribution in [0.25, 0.3) is 0 Å². The summed E-state index contributed by atoms with van der Waals surface area (Å²) in [4.78, 5) is 1.99. The molecule has 0 fully saturated rings. The lowest BCUT2D eigenvalue weighted by Gasteiger charge is -2.23. The van der Waals surface area contributed by atoms with Gasteiger partial charge in [0.25, 0.3) is 0 Å². The molecule has 0 heterocycles. The molecule has 0 rings (SSSR count). The van der Waals surface area contributed by atoms with Crippen molar-refractivity contribution in [1.29, 1.82) is 0 Å². The molecule has 0 aromatic heterocycles. The van der Waals surface area contributed by atoms with E-state index in [1.165, 1.54) is 0 Å². The highest BCUT2D eigenvalue weighted by Gasteiger charge is 2.19. The van der Waals surface area contributed by atoms with Gasteiger partial charge in [0, 0.05) is 19.0 Å². The number of nitrogens with zero attached hydrogens (tertiary/aromatic N) is 2. The van der Waals surface area contributed by atoms with Crippen LogP contribution in [0.4, 0.5) is 0 Å². The average molecular weight is 279 g/mol. The first-order chi connectivity index (χ1) is 8.24. The van der Waals surface area contributed by atoms with E-state index in [1.807, 2.05) is 18.7 Å². The molecule has 7 heteroatoms. The summed E-state index contributed by atoms with van der Waals surface area (Å²) < 4.78 is 23.4. The van der Waals surface area contributed by atoms with E-state index in [-0.39, 0.29) is 22.8 Å². The highest BCUT2D eigenvalue weighted by molar-refractivity contribution is 7.92. The number of hydrogen-bond acceptors (Lipinski definition) is 5. The Kier molecular flexibility index (Phi) is 7.23. The molecule has 0 spiro atoms. The van der Waals surface area contributed by atoms with Crippen molar-refractivity contribution in [3.8, 4) is 0 Å². The lowest BCUT2D eigenvalue weighted by Crippen LogP contribution is -2.38. The van der Waals surface area contributed by atoms with Crippen LogP contribution >= 0.6 is 0 Å². The number of nitrogens with two attached hydrogens (primary N) is 1. The first-order valence-electron chi connectivity index (χ1n) is 6.15. The summed E-state index contributed by atoms with van der Waals surface area (Å²) in [5.74, 6) is 0.207. The normalized spacial score (nSPS) is 15.3. The Morgan fingerprint density at radius 3 is 2.33 bits per heavy atom. The molecule has 0 saturated heterocycles. The van der Waals surface area contributed by atoms with Gasteiger partial charge in [-0.1, -0.05) is 19.0 Å². The fourth-order valence-corrected chi connectivity index (χ4v) is 2.43. The van der Waals surface area contributed by atoms with Crippen LogP contribution in [0.1, 0.15) is 27.7 Å². The van der Waals surface area contributed by atoms with Crippen molar-refractivity contribution in [3.05, 3.63) is 0 Å². The average Bonchev–Trinajstić information content (AvgIpc) is 2.32. The summed E-state index contributed by atoms with van der Waals surface area (Å²) >= 11 is 0. The standard InChI is InChI=1S/C11H25N3O3S/c1-5-14(8-10(4)11(12)13-15)6-7-18(16,17)9(2)3/h9-10,15H,5-8H2,1-4H3,(H2,12,13). The lowest BCUT2D eigenvalue weighted by molar-refractivity contribution is 0.277. The molecular formula is C11H25N3O3S. The minimum atomic E-state index is -3.02. The van der Waals surface area contributed by atoms with Crippen LogP contribution in [0.5, 0.6) is 0 Å². The van der Waals surface area contributed by atoms with Crippen LogP contribution in [0.15, 0.2) is 5.16 Å². The SMILES string of the molecule is CCN(CCS(=O)(=O)C(C)C)CC(C)C(N)=NO. The van der Waals surface area contributed by atoms with Crippen LogP contribution in [0.3, 0.4) is 0 Å². The molecule has 3 N–H and O–H groups in total. The highest BCUT2D eigenvalue weighted by Crippen LogP contribution is 2.04. The van der Waals surface area contributed by atoms with Crippen molar-refractivity contribution in [2.45, 2.75) is 32.9 Å². The largest absolute Gasteiger partial charge is 0.409 e. The van der Waals surface area contributed by atoms with Gasteiger partial charge < -0.3 is 15.8 Å². The quantitative estimate of drug-likeness (QED) is 0.292. The molecule has 18 heavy (non-hydrogen) atoms. The van der Waals surface area contributed by atoms with E-state index in [4.69, 9.17) is 10.9 Å². The van der Waals surface area contributed by atoms with Gasteiger partial charge in [0.15, 0.2) is 9.84 Å². The second-order valence-electron chi connectivity index (χ2n) is 4.73. The van der Waals surface area contributed by atoms with Crippen LogP contribution in [0.2, 0.25) is 0 Å². The Bertz CT molecular complexity index is 366. The van der Waals surface area contributed by atoms with Crippen LogP contribution in [-0.2, 0) is 9.84 Å². The topological polar surface area (TPSA) is 96.0 Å². The fourth-order valence-electron chi connectivity index (χ4n) is 1.45. The Balaban J connectivity index is 4.38. The summed E-state index contributed by atoms with van der Waals surface area (Å²) in [6.45, 7) is 8.96. The van der Waals surface area contributed by atoms with Gasteiger partial charge in [-0.15, -0.1) is 0 Å². The molecule has 108 valence electrons. The maximum Gasteiger partial charge on any atom is 0.153 e. The van der Waals surface area contributed by atoms with E-state index in [0.29, 0.717) is 13.1 Å². The molecule has 1 atom stereocenters. The zero-order valence-corrected chi connectivity index (χ0v) is 12.4. The van der Waals surface area contributed by atoms with Crippen molar-refractivity contribution in [1.82, 2.24) is 4.90 Å². The number of hydrogen-bond donors (Lipinski definition) is 2. The van der Waals surface area contributed by atoms with Gasteiger partial charge in [-0.3, -0.25) is 0 Å². The summed E-state index contributed by atoms with van der Waals surface area (Å²) in [7, 11) is -3.02. The Morgan fingerprint density at radius 1 is 1.39 bits per heavy atom. The zero-order chi connectivity index (χ0) is 14.3. The first-order valence-corrected chi connectivity index (χ1v) is 7.87. The van der Waals surface area contributed by atoms with Crippen LogP contribution in [-0.4, -0.2) is 55.0 Å². The van der Waals surface area contributed by atoms with Crippen molar-refractivity contribution < 1.29 is 13.6 Å². The third-order valence-electron chi connectivity index (χ3n) is 3.01. The maximum atomic E-state index is 11.7. The summed E-state index contributed by atoms with van der Waals surface area (Å²) in [6.07, 6.45) is 0. The van der Waals surface area contributed by atoms with E-state index in [1.54, 1.807) is 13.8 Å². The third-order valence-corrected chi connectivity index (χ3v) is 5.20. The monoisotopic (exact) mass is 279 g/mol. The van der Waals surface area contributed by atoms with E-state index in [2.05, 4.69) is 5.16 Å². The van der Waals surface area contributed by atoms with Gasteiger partial charge in [-0.25, -0.2) is 8.42 Å². The number of amidine groups is 1. The Hall–Kier alpha value is -0.820. The second-order valence-corrected chi connectivity index (χ2v) is 7.41. The minimum Gasteiger partial charge on any atom is -0.409 e. The van der Waals surface area contributed by atoms with Gasteiger partial charge in [0.1, 0.15) is 5.84 Å². The summed E-state index contributed by atoms with van der Waals surface area (Å²) in [6, 6.07) is 0. The van der Waals surface area contributed by atoms with Gasteiger partial charge in [-0.05, 0) is 20.4 Å². The third kappa shape index (κ3) is 5.68. The van der Waals surface area contributed by atoms with Gasteiger partial charge in [0.2, 0.25) is 0 Å². The molecule has 0 aliphatic heterocycles. The van der Waals surface area contributed by atoms with Gasteiger partial charge in [0.05, 0.1) is 11.0 Å². The molecule has 0 aliphatic carbocycles. The molecule has 0 saturated carbocycles. The maximum absolute atomic E-state index is 11.7. The predicted octanol–water partition coefficient (Wildman–Crippen LogP) is 0.514. The van der Waals surface area contributed by atoms with Gasteiger partial charge >= 0.3 is 0 Å². The number of rotatable bonds is 8. The molecular weight excluding hydrogens is 254 g/mol. The zero-order valence-electron chi connectivity index (χ0n) is 11.6. The van der Waals surface area contributed by atoms with Crippen molar-refractivity contribution >= 4 is 15.7 Å². The summed E-state index contributed by atoms with van der Waals surface area (Å²) in [5, 5.41) is 11.2. The number of oxime groups is 1. The molecule has 0 aliphatic rings. The lowest BCUT2D eigenvalue weighted by atomic mass is 10.1. The summed E-state index contributed by atoms with van der Waals surface area (Å²) in [5.41, 5.74) is 5.50. The Labute approximate surface area is 110 Å². The van der Waals surface area contributed by atoms with Crippen LogP contribution < -0.4 is 5.73 Å². The van der Waals surface area contributed by atoms with Crippen molar-refractivity contribution in [2.75, 3.05) is 25.4 Å².